The first-order valence-corrected chi connectivity index (χ1v) is 8.40. The van der Waals surface area contributed by atoms with Gasteiger partial charge in [-0.3, -0.25) is 0 Å². The zero-order valence-electron chi connectivity index (χ0n) is 14.2. The maximum atomic E-state index is 9.23. The highest BCUT2D eigenvalue weighted by Gasteiger charge is 2.23. The Morgan fingerprint density at radius 3 is 2.96 bits per heavy atom. The highest BCUT2D eigenvalue weighted by Crippen LogP contribution is 2.30. The van der Waals surface area contributed by atoms with Crippen molar-refractivity contribution in [3.05, 3.63) is 41.9 Å². The van der Waals surface area contributed by atoms with Crippen LogP contribution in [-0.4, -0.2) is 33.6 Å². The fourth-order valence-corrected chi connectivity index (χ4v) is 3.32. The Kier molecular flexibility index (Phi) is 3.86. The highest BCUT2D eigenvalue weighted by atomic mass is 16.5. The van der Waals surface area contributed by atoms with Gasteiger partial charge in [0.05, 0.1) is 23.0 Å². The molecule has 0 bridgehead atoms. The molecule has 1 aliphatic rings. The number of fused-ring (bicyclic) bond motifs is 1. The molecule has 0 radical (unpaired) electrons. The van der Waals surface area contributed by atoms with E-state index in [1.54, 1.807) is 12.3 Å². The van der Waals surface area contributed by atoms with Gasteiger partial charge in [-0.05, 0) is 19.9 Å². The zero-order chi connectivity index (χ0) is 17.4. The summed E-state index contributed by atoms with van der Waals surface area (Å²) in [6, 6.07) is 8.34. The van der Waals surface area contributed by atoms with Crippen molar-refractivity contribution >= 4 is 10.9 Å². The first-order valence-electron chi connectivity index (χ1n) is 8.40. The summed E-state index contributed by atoms with van der Waals surface area (Å²) in [4.78, 5) is 12.3. The number of hydrogen-bond acceptors (Lipinski definition) is 5. The predicted octanol–water partition coefficient (Wildman–Crippen LogP) is 2.93. The number of aromatic nitrogens is 3. The van der Waals surface area contributed by atoms with Gasteiger partial charge in [-0.2, -0.15) is 5.26 Å². The topological polar surface area (TPSA) is 86.6 Å². The number of ether oxygens (including phenoxy) is 1. The van der Waals surface area contributed by atoms with Crippen molar-refractivity contribution in [3.8, 4) is 23.2 Å². The summed E-state index contributed by atoms with van der Waals surface area (Å²) >= 11 is 0. The summed E-state index contributed by atoms with van der Waals surface area (Å²) in [5.41, 5.74) is 3.92. The Morgan fingerprint density at radius 2 is 2.24 bits per heavy atom. The molecule has 0 amide bonds. The van der Waals surface area contributed by atoms with Gasteiger partial charge >= 0.3 is 0 Å². The molecule has 126 valence electrons. The number of aromatic amines is 1. The summed E-state index contributed by atoms with van der Waals surface area (Å²) in [5.74, 6) is 0.585. The molecule has 3 aromatic rings. The van der Waals surface area contributed by atoms with E-state index in [0.29, 0.717) is 17.5 Å². The number of H-pyrrole nitrogens is 1. The molecule has 0 unspecified atom stereocenters. The van der Waals surface area contributed by atoms with Crippen LogP contribution in [0, 0.1) is 18.3 Å². The number of nitrogens with zero attached hydrogens (tertiary/aromatic N) is 3. The third-order valence-electron chi connectivity index (χ3n) is 4.60. The van der Waals surface area contributed by atoms with Crippen LogP contribution in [0.15, 0.2) is 30.6 Å². The van der Waals surface area contributed by atoms with Crippen LogP contribution in [-0.2, 0) is 0 Å². The lowest BCUT2D eigenvalue weighted by Crippen LogP contribution is -2.21. The number of benzene rings is 1. The smallest absolute Gasteiger partial charge is 0.235 e. The standard InChI is InChI=1S/C19H19N5O/c1-11-6-14(8-21-11)25-19-12(2)24-17(10-23-19)16-9-22-18-13(7-20)4-3-5-15(16)18/h3-5,9-11,14,21-22H,6,8H2,1-2H3/t11-,14+/m1/s1. The van der Waals surface area contributed by atoms with E-state index >= 15 is 0 Å². The number of nitriles is 1. The second-order valence-corrected chi connectivity index (χ2v) is 6.47. The van der Waals surface area contributed by atoms with Gasteiger partial charge in [0.2, 0.25) is 5.88 Å². The third-order valence-corrected chi connectivity index (χ3v) is 4.60. The molecule has 1 aromatic carbocycles. The van der Waals surface area contributed by atoms with Gasteiger partial charge in [0, 0.05) is 36.2 Å². The molecule has 1 aliphatic heterocycles. The van der Waals surface area contributed by atoms with Gasteiger partial charge in [0.25, 0.3) is 0 Å². The molecular weight excluding hydrogens is 314 g/mol. The summed E-state index contributed by atoms with van der Waals surface area (Å²) < 4.78 is 5.99. The van der Waals surface area contributed by atoms with E-state index in [9.17, 15) is 5.26 Å². The summed E-state index contributed by atoms with van der Waals surface area (Å²) in [7, 11) is 0. The van der Waals surface area contributed by atoms with Crippen LogP contribution in [0.3, 0.4) is 0 Å². The largest absolute Gasteiger partial charge is 0.472 e. The molecule has 0 aliphatic carbocycles. The molecule has 0 spiro atoms. The average molecular weight is 333 g/mol. The lowest BCUT2D eigenvalue weighted by molar-refractivity contribution is 0.209. The van der Waals surface area contributed by atoms with Crippen LogP contribution in [0.4, 0.5) is 0 Å². The van der Waals surface area contributed by atoms with E-state index in [1.165, 1.54) is 0 Å². The zero-order valence-corrected chi connectivity index (χ0v) is 14.2. The fraction of sp³-hybridized carbons (Fsp3) is 0.316. The van der Waals surface area contributed by atoms with Crippen molar-refractivity contribution in [2.24, 2.45) is 0 Å². The van der Waals surface area contributed by atoms with E-state index in [0.717, 1.165) is 40.8 Å². The number of hydrogen-bond donors (Lipinski definition) is 2. The van der Waals surface area contributed by atoms with Gasteiger partial charge in [0.1, 0.15) is 17.9 Å². The van der Waals surface area contributed by atoms with E-state index in [2.05, 4.69) is 33.3 Å². The van der Waals surface area contributed by atoms with Gasteiger partial charge in [-0.1, -0.05) is 12.1 Å². The molecule has 2 aromatic heterocycles. The Balaban J connectivity index is 1.66. The maximum absolute atomic E-state index is 9.23. The van der Waals surface area contributed by atoms with Crippen LogP contribution >= 0.6 is 0 Å². The monoisotopic (exact) mass is 333 g/mol. The molecule has 25 heavy (non-hydrogen) atoms. The summed E-state index contributed by atoms with van der Waals surface area (Å²) in [6.45, 7) is 4.90. The molecule has 6 heteroatoms. The van der Waals surface area contributed by atoms with E-state index < -0.39 is 0 Å². The Labute approximate surface area is 145 Å². The van der Waals surface area contributed by atoms with E-state index in [4.69, 9.17) is 4.74 Å². The summed E-state index contributed by atoms with van der Waals surface area (Å²) in [5, 5.41) is 13.6. The summed E-state index contributed by atoms with van der Waals surface area (Å²) in [6.07, 6.45) is 4.72. The Morgan fingerprint density at radius 1 is 1.36 bits per heavy atom. The first kappa shape index (κ1) is 15.6. The molecule has 2 atom stereocenters. The lowest BCUT2D eigenvalue weighted by Gasteiger charge is -2.13. The first-order chi connectivity index (χ1) is 12.2. The van der Waals surface area contributed by atoms with Gasteiger partial charge in [-0.25, -0.2) is 9.97 Å². The minimum Gasteiger partial charge on any atom is -0.472 e. The highest BCUT2D eigenvalue weighted by molar-refractivity contribution is 5.97. The van der Waals surface area contributed by atoms with Gasteiger partial charge in [-0.15, -0.1) is 0 Å². The quantitative estimate of drug-likeness (QED) is 0.769. The molecular formula is C19H19N5O. The second-order valence-electron chi connectivity index (χ2n) is 6.47. The van der Waals surface area contributed by atoms with Crippen molar-refractivity contribution in [2.75, 3.05) is 6.54 Å². The number of nitrogens with one attached hydrogen (secondary N) is 2. The lowest BCUT2D eigenvalue weighted by atomic mass is 10.1. The molecule has 3 heterocycles. The van der Waals surface area contributed by atoms with Gasteiger partial charge in [0.15, 0.2) is 0 Å². The maximum Gasteiger partial charge on any atom is 0.235 e. The molecule has 0 saturated carbocycles. The number of aryl methyl sites for hydroxylation is 1. The third kappa shape index (κ3) is 2.83. The average Bonchev–Trinajstić information content (AvgIpc) is 3.22. The minimum atomic E-state index is 0.139. The molecule has 4 rings (SSSR count). The minimum absolute atomic E-state index is 0.139. The van der Waals surface area contributed by atoms with Crippen molar-refractivity contribution in [1.29, 1.82) is 5.26 Å². The van der Waals surface area contributed by atoms with Crippen molar-refractivity contribution in [2.45, 2.75) is 32.4 Å². The molecule has 2 N–H and O–H groups in total. The normalized spacial score (nSPS) is 19.9. The van der Waals surface area contributed by atoms with Crippen LogP contribution < -0.4 is 10.1 Å². The SMILES string of the molecule is Cc1nc(-c2c[nH]c3c(C#N)cccc23)cnc1O[C@@H]1CN[C@H](C)C1. The van der Waals surface area contributed by atoms with Crippen LogP contribution in [0.25, 0.3) is 22.2 Å². The molecule has 6 nitrogen and oxygen atoms in total. The Hall–Kier alpha value is -2.91. The fourth-order valence-electron chi connectivity index (χ4n) is 3.32. The van der Waals surface area contributed by atoms with Crippen molar-refractivity contribution in [3.63, 3.8) is 0 Å². The van der Waals surface area contributed by atoms with Gasteiger partial charge < -0.3 is 15.0 Å². The number of rotatable bonds is 3. The second kappa shape index (κ2) is 6.19. The van der Waals surface area contributed by atoms with E-state index in [1.807, 2.05) is 25.3 Å². The predicted molar refractivity (Wildman–Crippen MR) is 95.3 cm³/mol. The number of para-hydroxylation sites is 1. The Bertz CT molecular complexity index is 972. The molecule has 1 saturated heterocycles. The van der Waals surface area contributed by atoms with Crippen molar-refractivity contribution < 1.29 is 4.74 Å². The van der Waals surface area contributed by atoms with E-state index in [-0.39, 0.29) is 6.10 Å². The van der Waals surface area contributed by atoms with Crippen LogP contribution in [0.5, 0.6) is 5.88 Å². The van der Waals surface area contributed by atoms with Crippen molar-refractivity contribution in [1.82, 2.24) is 20.3 Å². The van der Waals surface area contributed by atoms with Crippen LogP contribution in [0.1, 0.15) is 24.6 Å². The molecule has 1 fully saturated rings. The van der Waals surface area contributed by atoms with Crippen LogP contribution in [0.2, 0.25) is 0 Å².